The van der Waals surface area contributed by atoms with Crippen LogP contribution >= 0.6 is 0 Å². The molecular weight excluding hydrogens is 597 g/mol. The lowest BCUT2D eigenvalue weighted by Crippen LogP contribution is -2.50. The maximum absolute atomic E-state index is 14.3. The van der Waals surface area contributed by atoms with Gasteiger partial charge in [-0.25, -0.2) is 9.59 Å². The standard InChI is InChI=1S/C33H62O9Si2/c1-17-37-30(35)39-21-19-23(3)28(41-43(13,14)32(7,8)9)25(5)27(34)26(6)29(42-44(15,16)33(10,11)12)24(4)20-22-40-31(36)38-18-2/h19-20,25-26,28-29H,17-18,21-22H2,1-16H3/b23-19+,24-20+/t25-,26+,28-,29-/m1/s1. The van der Waals surface area contributed by atoms with Crippen molar-refractivity contribution in [2.45, 2.75) is 132 Å². The summed E-state index contributed by atoms with van der Waals surface area (Å²) in [6.07, 6.45) is 1.03. The molecule has 0 aromatic rings. The predicted molar refractivity (Wildman–Crippen MR) is 181 cm³/mol. The molecule has 0 radical (unpaired) electrons. The van der Waals surface area contributed by atoms with Crippen LogP contribution in [0.5, 0.6) is 0 Å². The molecule has 0 fully saturated rings. The van der Waals surface area contributed by atoms with Crippen molar-refractivity contribution >= 4 is 34.7 Å². The number of carbonyl (C=O) groups is 3. The molecule has 11 heteroatoms. The van der Waals surface area contributed by atoms with E-state index in [0.29, 0.717) is 0 Å². The summed E-state index contributed by atoms with van der Waals surface area (Å²) >= 11 is 0. The maximum Gasteiger partial charge on any atom is 0.508 e. The van der Waals surface area contributed by atoms with Gasteiger partial charge in [-0.3, -0.25) is 4.79 Å². The lowest BCUT2D eigenvalue weighted by molar-refractivity contribution is -0.130. The van der Waals surface area contributed by atoms with Gasteiger partial charge in [0.15, 0.2) is 16.6 Å². The Hall–Kier alpha value is -1.96. The average molecular weight is 659 g/mol. The van der Waals surface area contributed by atoms with E-state index in [1.165, 1.54) is 0 Å². The third kappa shape index (κ3) is 13.2. The molecule has 4 atom stereocenters. The summed E-state index contributed by atoms with van der Waals surface area (Å²) in [5.41, 5.74) is 1.62. The van der Waals surface area contributed by atoms with Gasteiger partial charge in [0.1, 0.15) is 19.0 Å². The predicted octanol–water partition coefficient (Wildman–Crippen LogP) is 8.85. The monoisotopic (exact) mass is 658 g/mol. The Morgan fingerprint density at radius 1 is 0.614 bits per heavy atom. The molecule has 0 saturated carbocycles. The molecule has 0 rings (SSSR count). The highest BCUT2D eigenvalue weighted by molar-refractivity contribution is 6.74. The quantitative estimate of drug-likeness (QED) is 0.0913. The van der Waals surface area contributed by atoms with Crippen LogP contribution in [0.4, 0.5) is 9.59 Å². The lowest BCUT2D eigenvalue weighted by Gasteiger charge is -2.43. The van der Waals surface area contributed by atoms with Crippen molar-refractivity contribution in [3.63, 3.8) is 0 Å². The summed E-state index contributed by atoms with van der Waals surface area (Å²) < 4.78 is 33.8. The summed E-state index contributed by atoms with van der Waals surface area (Å²) in [4.78, 5) is 37.8. The van der Waals surface area contributed by atoms with Gasteiger partial charge in [0.05, 0.1) is 25.4 Å². The van der Waals surface area contributed by atoms with E-state index in [1.807, 2.05) is 27.7 Å². The molecule has 0 amide bonds. The molecule has 9 nitrogen and oxygen atoms in total. The zero-order valence-electron chi connectivity index (χ0n) is 30.5. The zero-order valence-corrected chi connectivity index (χ0v) is 32.5. The molecular formula is C33H62O9Si2. The summed E-state index contributed by atoms with van der Waals surface area (Å²) in [7, 11) is -4.63. The number of ketones is 1. The Morgan fingerprint density at radius 3 is 1.16 bits per heavy atom. The van der Waals surface area contributed by atoms with Gasteiger partial charge < -0.3 is 27.8 Å². The van der Waals surface area contributed by atoms with Crippen molar-refractivity contribution in [2.24, 2.45) is 11.8 Å². The van der Waals surface area contributed by atoms with Gasteiger partial charge in [-0.05, 0) is 87.3 Å². The molecule has 0 aromatic carbocycles. The second-order valence-corrected chi connectivity index (χ2v) is 24.0. The van der Waals surface area contributed by atoms with Gasteiger partial charge in [0.2, 0.25) is 0 Å². The molecule has 0 heterocycles. The van der Waals surface area contributed by atoms with Gasteiger partial charge in [-0.2, -0.15) is 0 Å². The lowest BCUT2D eigenvalue weighted by atomic mass is 9.84. The average Bonchev–Trinajstić information content (AvgIpc) is 2.88. The number of carbonyl (C=O) groups excluding carboxylic acids is 3. The van der Waals surface area contributed by atoms with Gasteiger partial charge >= 0.3 is 12.3 Å². The molecule has 0 aliphatic rings. The number of hydrogen-bond acceptors (Lipinski definition) is 9. The van der Waals surface area contributed by atoms with E-state index >= 15 is 0 Å². The highest BCUT2D eigenvalue weighted by Gasteiger charge is 2.45. The molecule has 0 N–H and O–H groups in total. The second-order valence-electron chi connectivity index (χ2n) is 14.5. The molecule has 44 heavy (non-hydrogen) atoms. The Labute approximate surface area is 269 Å². The van der Waals surface area contributed by atoms with Crippen LogP contribution in [0.3, 0.4) is 0 Å². The van der Waals surface area contributed by atoms with Crippen LogP contribution in [-0.2, 0) is 32.6 Å². The minimum atomic E-state index is -2.32. The fraction of sp³-hybridized carbons (Fsp3) is 0.788. The SMILES string of the molecule is CCOC(=O)OC/C=C(\C)[C@@H](O[Si](C)(C)C(C)(C)C)[C@H](C)C(=O)[C@H](C)[C@H](O[Si](C)(C)C(C)(C)C)/C(C)=C/COC(=O)OCC. The van der Waals surface area contributed by atoms with Crippen LogP contribution in [0.25, 0.3) is 0 Å². The molecule has 0 aliphatic heterocycles. The normalized spacial score (nSPS) is 16.5. The molecule has 0 saturated heterocycles. The summed E-state index contributed by atoms with van der Waals surface area (Å²) in [6, 6.07) is 0. The van der Waals surface area contributed by atoms with Crippen molar-refractivity contribution in [1.29, 1.82) is 0 Å². The number of rotatable bonds is 16. The molecule has 0 bridgehead atoms. The first-order valence-electron chi connectivity index (χ1n) is 15.7. The summed E-state index contributed by atoms with van der Waals surface area (Å²) in [5, 5.41) is -0.179. The van der Waals surface area contributed by atoms with Gasteiger partial charge in [0, 0.05) is 11.8 Å². The molecule has 0 spiro atoms. The van der Waals surface area contributed by atoms with Crippen LogP contribution in [0.1, 0.15) is 83.1 Å². The summed E-state index contributed by atoms with van der Waals surface area (Å²) in [6.45, 7) is 33.1. The van der Waals surface area contributed by atoms with E-state index in [1.54, 1.807) is 26.0 Å². The van der Waals surface area contributed by atoms with Crippen LogP contribution in [0.2, 0.25) is 36.3 Å². The second kappa shape index (κ2) is 17.7. The number of Topliss-reactive ketones (excluding diaryl/α,β-unsaturated/α-hetero) is 1. The largest absolute Gasteiger partial charge is 0.508 e. The first-order valence-corrected chi connectivity index (χ1v) is 21.6. The third-order valence-corrected chi connectivity index (χ3v) is 17.8. The van der Waals surface area contributed by atoms with Crippen LogP contribution in [0, 0.1) is 11.8 Å². The highest BCUT2D eigenvalue weighted by Crippen LogP contribution is 2.41. The van der Waals surface area contributed by atoms with E-state index in [4.69, 9.17) is 27.8 Å². The summed E-state index contributed by atoms with van der Waals surface area (Å²) in [5.74, 6) is -1.05. The van der Waals surface area contributed by atoms with Gasteiger partial charge in [0.25, 0.3) is 0 Å². The highest BCUT2D eigenvalue weighted by atomic mass is 28.4. The van der Waals surface area contributed by atoms with Crippen LogP contribution < -0.4 is 0 Å². The molecule has 256 valence electrons. The smallest absolute Gasteiger partial charge is 0.435 e. The van der Waals surface area contributed by atoms with E-state index in [-0.39, 0.29) is 42.3 Å². The van der Waals surface area contributed by atoms with Crippen molar-refractivity contribution in [2.75, 3.05) is 26.4 Å². The van der Waals surface area contributed by atoms with Crippen molar-refractivity contribution in [3.05, 3.63) is 23.3 Å². The van der Waals surface area contributed by atoms with Gasteiger partial charge in [-0.1, -0.05) is 55.4 Å². The van der Waals surface area contributed by atoms with Crippen molar-refractivity contribution < 1.29 is 42.2 Å². The zero-order chi connectivity index (χ0) is 34.7. The topological polar surface area (TPSA) is 107 Å². The Balaban J connectivity index is 6.52. The Kier molecular flexibility index (Phi) is 16.9. The van der Waals surface area contributed by atoms with Crippen molar-refractivity contribution in [1.82, 2.24) is 0 Å². The molecule has 0 aliphatic carbocycles. The van der Waals surface area contributed by atoms with E-state index in [0.717, 1.165) is 11.1 Å². The first kappa shape index (κ1) is 42.0. The van der Waals surface area contributed by atoms with Gasteiger partial charge in [-0.15, -0.1) is 0 Å². The molecule has 0 unspecified atom stereocenters. The Morgan fingerprint density at radius 2 is 0.909 bits per heavy atom. The van der Waals surface area contributed by atoms with E-state index in [2.05, 4.69) is 67.7 Å². The van der Waals surface area contributed by atoms with Crippen LogP contribution in [-0.4, -0.2) is 73.4 Å². The van der Waals surface area contributed by atoms with Crippen LogP contribution in [0.15, 0.2) is 23.3 Å². The maximum atomic E-state index is 14.3. The molecule has 0 aromatic heterocycles. The number of hydrogen-bond donors (Lipinski definition) is 0. The minimum Gasteiger partial charge on any atom is -0.435 e. The first-order chi connectivity index (χ1) is 19.9. The van der Waals surface area contributed by atoms with E-state index in [9.17, 15) is 14.4 Å². The number of ether oxygens (including phenoxy) is 4. The van der Waals surface area contributed by atoms with Crippen molar-refractivity contribution in [3.8, 4) is 0 Å². The third-order valence-electron chi connectivity index (χ3n) is 8.90. The van der Waals surface area contributed by atoms with E-state index < -0.39 is 53.0 Å². The Bertz CT molecular complexity index is 926. The minimum absolute atomic E-state index is 0.00413. The fourth-order valence-electron chi connectivity index (χ4n) is 3.91. The fourth-order valence-corrected chi connectivity index (χ4v) is 6.67.